The second kappa shape index (κ2) is 15.7. The molecule has 0 saturated carbocycles. The summed E-state index contributed by atoms with van der Waals surface area (Å²) >= 11 is 4.37. The van der Waals surface area contributed by atoms with Crippen LogP contribution in [-0.2, 0) is 17.4 Å². The zero-order chi connectivity index (χ0) is 29.9. The molecule has 3 N–H and O–H groups in total. The fraction of sp³-hybridized carbons (Fsp3) is 0.226. The molecule has 0 aliphatic rings. The average Bonchev–Trinajstić information content (AvgIpc) is 2.92. The van der Waals surface area contributed by atoms with Gasteiger partial charge in [-0.25, -0.2) is 17.6 Å². The van der Waals surface area contributed by atoms with Gasteiger partial charge in [-0.1, -0.05) is 60.3 Å². The van der Waals surface area contributed by atoms with E-state index in [0.29, 0.717) is 11.1 Å². The molecule has 4 rings (SSSR count). The van der Waals surface area contributed by atoms with E-state index in [1.807, 2.05) is 6.66 Å². The molecule has 9 heteroatoms. The van der Waals surface area contributed by atoms with Crippen LogP contribution in [-0.4, -0.2) is 34.2 Å². The first-order chi connectivity index (χ1) is 18.9. The summed E-state index contributed by atoms with van der Waals surface area (Å²) in [7, 11) is 1.00. The minimum Gasteiger partial charge on any atom is -0.392 e. The number of rotatable bonds is 6. The van der Waals surface area contributed by atoms with Gasteiger partial charge in [0.05, 0.1) is 12.2 Å². The van der Waals surface area contributed by atoms with Crippen LogP contribution in [0.25, 0.3) is 0 Å². The van der Waals surface area contributed by atoms with Crippen LogP contribution in [0.2, 0.25) is 0 Å². The van der Waals surface area contributed by atoms with Gasteiger partial charge in [-0.2, -0.15) is 0 Å². The molecular formula is C31H31F4O3PS. The van der Waals surface area contributed by atoms with Gasteiger partial charge in [-0.15, -0.1) is 0 Å². The Morgan fingerprint density at radius 1 is 0.600 bits per heavy atom. The number of aliphatic hydroxyl groups is 3. The van der Waals surface area contributed by atoms with Crippen molar-refractivity contribution in [2.75, 3.05) is 6.66 Å². The van der Waals surface area contributed by atoms with Crippen molar-refractivity contribution < 1.29 is 32.9 Å². The third kappa shape index (κ3) is 9.01. The van der Waals surface area contributed by atoms with Crippen LogP contribution in [0.15, 0.2) is 97.1 Å². The molecule has 40 heavy (non-hydrogen) atoms. The fourth-order valence-electron chi connectivity index (χ4n) is 4.15. The Bertz CT molecular complexity index is 1220. The lowest BCUT2D eigenvalue weighted by Gasteiger charge is -2.32. The van der Waals surface area contributed by atoms with Crippen molar-refractivity contribution in [2.45, 2.75) is 37.6 Å². The molecule has 0 fully saturated rings. The normalized spacial score (nSPS) is 12.6. The fourth-order valence-corrected chi connectivity index (χ4v) is 4.15. The quantitative estimate of drug-likeness (QED) is 0.166. The van der Waals surface area contributed by atoms with Gasteiger partial charge in [0.1, 0.15) is 28.9 Å². The highest BCUT2D eigenvalue weighted by Gasteiger charge is 2.36. The molecule has 0 heterocycles. The first-order valence-corrected chi connectivity index (χ1v) is 14.6. The summed E-state index contributed by atoms with van der Waals surface area (Å²) in [5.74, 6) is -1.79. The number of benzene rings is 4. The van der Waals surface area contributed by atoms with Gasteiger partial charge in [0.15, 0.2) is 0 Å². The molecule has 0 bridgehead atoms. The summed E-state index contributed by atoms with van der Waals surface area (Å²) in [5.41, 5.74) is 0.587. The van der Waals surface area contributed by atoms with Crippen molar-refractivity contribution >= 4 is 19.2 Å². The Labute approximate surface area is 238 Å². The Morgan fingerprint density at radius 2 is 0.850 bits per heavy atom. The van der Waals surface area contributed by atoms with Crippen molar-refractivity contribution in [3.8, 4) is 0 Å². The van der Waals surface area contributed by atoms with Gasteiger partial charge in [0.25, 0.3) is 0 Å². The molecule has 0 aromatic heterocycles. The monoisotopic (exact) mass is 590 g/mol. The highest BCUT2D eigenvalue weighted by atomic mass is 32.4. The lowest BCUT2D eigenvalue weighted by Crippen LogP contribution is -2.38. The van der Waals surface area contributed by atoms with E-state index in [9.17, 15) is 32.9 Å². The van der Waals surface area contributed by atoms with Gasteiger partial charge in [-0.3, -0.25) is 0 Å². The maximum atomic E-state index is 12.9. The highest BCUT2D eigenvalue weighted by molar-refractivity contribution is 7.96. The Kier molecular flexibility index (Phi) is 13.0. The second-order valence-corrected chi connectivity index (χ2v) is 10.4. The molecule has 0 aliphatic heterocycles. The third-order valence-corrected chi connectivity index (χ3v) is 6.11. The maximum absolute atomic E-state index is 12.9. The molecule has 0 saturated heterocycles. The van der Waals surface area contributed by atoms with Crippen LogP contribution in [0.3, 0.4) is 0 Å². The zero-order valence-corrected chi connectivity index (χ0v) is 23.9. The number of hydrogen-bond donors (Lipinski definition) is 3. The molecule has 0 spiro atoms. The van der Waals surface area contributed by atoms with Crippen molar-refractivity contribution in [3.63, 3.8) is 0 Å². The summed E-state index contributed by atoms with van der Waals surface area (Å²) in [4.78, 5) is 0. The molecule has 4 aromatic carbocycles. The standard InChI is InChI=1S/C15H14F2O2.C15H14F2O.CH3PS/c1-10(18)15(19,11-2-6-13(16)7-3-11)12-4-8-14(17)9-5-12;1-10(18)15(11-2-6-13(16)7-3-11)12-4-8-14(17)9-5-12;1-2-3/h2-10,18-19H,1H3;2-10,15,18H,1H3;1H3/t2*10-;/m00./s1. The molecule has 3 nitrogen and oxygen atoms in total. The molecule has 0 amide bonds. The number of hydrogen-bond acceptors (Lipinski definition) is 4. The second-order valence-electron chi connectivity index (χ2n) is 8.96. The molecule has 2 atom stereocenters. The summed E-state index contributed by atoms with van der Waals surface area (Å²) in [6.07, 6.45) is -1.77. The van der Waals surface area contributed by atoms with Crippen molar-refractivity contribution in [1.29, 1.82) is 0 Å². The van der Waals surface area contributed by atoms with Gasteiger partial charge in [-0.05, 0) is 98.7 Å². The van der Waals surface area contributed by atoms with E-state index in [0.717, 1.165) is 18.5 Å². The van der Waals surface area contributed by atoms with Crippen molar-refractivity contribution in [1.82, 2.24) is 0 Å². The molecule has 0 unspecified atom stereocenters. The smallest absolute Gasteiger partial charge is 0.140 e. The Hall–Kier alpha value is -3.00. The summed E-state index contributed by atoms with van der Waals surface area (Å²) in [6.45, 7) is 5.00. The summed E-state index contributed by atoms with van der Waals surface area (Å²) in [6, 6.07) is 22.3. The van der Waals surface area contributed by atoms with E-state index < -0.39 is 29.4 Å². The number of halogens is 4. The summed E-state index contributed by atoms with van der Waals surface area (Å²) in [5, 5.41) is 30.5. The highest BCUT2D eigenvalue weighted by Crippen LogP contribution is 2.33. The first kappa shape index (κ1) is 33.2. The SMILES string of the molecule is CP=S.C[C@H](O)C(O)(c1ccc(F)cc1)c1ccc(F)cc1.C[C@H](O)C(c1ccc(F)cc1)c1ccc(F)cc1. The van der Waals surface area contributed by atoms with Crippen LogP contribution >= 0.6 is 7.36 Å². The van der Waals surface area contributed by atoms with E-state index in [1.165, 1.54) is 79.7 Å². The molecule has 212 valence electrons. The molecular weight excluding hydrogens is 559 g/mol. The van der Waals surface area contributed by atoms with E-state index in [-0.39, 0.29) is 17.6 Å². The van der Waals surface area contributed by atoms with Gasteiger partial charge in [0, 0.05) is 5.92 Å². The lowest BCUT2D eigenvalue weighted by molar-refractivity contribution is -0.0395. The summed E-state index contributed by atoms with van der Waals surface area (Å²) < 4.78 is 51.7. The Morgan fingerprint density at radius 3 is 1.07 bits per heavy atom. The topological polar surface area (TPSA) is 60.7 Å². The van der Waals surface area contributed by atoms with Crippen LogP contribution < -0.4 is 0 Å². The van der Waals surface area contributed by atoms with Crippen molar-refractivity contribution in [2.24, 2.45) is 0 Å². The van der Waals surface area contributed by atoms with Gasteiger partial charge < -0.3 is 15.3 Å². The Balaban J connectivity index is 0.000000256. The van der Waals surface area contributed by atoms with Crippen LogP contribution in [0, 0.1) is 23.3 Å². The minimum absolute atomic E-state index is 0.286. The van der Waals surface area contributed by atoms with E-state index in [4.69, 9.17) is 0 Å². The zero-order valence-electron chi connectivity index (χ0n) is 22.2. The van der Waals surface area contributed by atoms with Crippen LogP contribution in [0.5, 0.6) is 0 Å². The van der Waals surface area contributed by atoms with E-state index >= 15 is 0 Å². The third-order valence-electron chi connectivity index (χ3n) is 6.11. The first-order valence-electron chi connectivity index (χ1n) is 12.3. The van der Waals surface area contributed by atoms with Crippen molar-refractivity contribution in [3.05, 3.63) is 143 Å². The van der Waals surface area contributed by atoms with Gasteiger partial charge >= 0.3 is 0 Å². The largest absolute Gasteiger partial charge is 0.392 e. The van der Waals surface area contributed by atoms with Crippen LogP contribution in [0.1, 0.15) is 42.0 Å². The lowest BCUT2D eigenvalue weighted by atomic mass is 9.82. The predicted molar refractivity (Wildman–Crippen MR) is 154 cm³/mol. The molecule has 4 aromatic rings. The number of aliphatic hydroxyl groups excluding tert-OH is 2. The average molecular weight is 591 g/mol. The molecule has 0 aliphatic carbocycles. The minimum atomic E-state index is -1.71. The predicted octanol–water partition coefficient (Wildman–Crippen LogP) is 7.08. The van der Waals surface area contributed by atoms with E-state index in [1.54, 1.807) is 31.2 Å². The van der Waals surface area contributed by atoms with Crippen LogP contribution in [0.4, 0.5) is 17.6 Å². The van der Waals surface area contributed by atoms with E-state index in [2.05, 4.69) is 11.8 Å². The molecule has 0 radical (unpaired) electrons. The maximum Gasteiger partial charge on any atom is 0.140 e. The van der Waals surface area contributed by atoms with Gasteiger partial charge in [0.2, 0.25) is 0 Å².